The van der Waals surface area contributed by atoms with Crippen LogP contribution in [-0.4, -0.2) is 28.6 Å². The minimum atomic E-state index is -1.02. The van der Waals surface area contributed by atoms with Crippen LogP contribution in [0.1, 0.15) is 47.0 Å². The van der Waals surface area contributed by atoms with Crippen LogP contribution in [0.4, 0.5) is 0 Å². The third-order valence-corrected chi connectivity index (χ3v) is 2.97. The molecule has 1 aliphatic carbocycles. The van der Waals surface area contributed by atoms with Crippen molar-refractivity contribution in [2.75, 3.05) is 0 Å². The summed E-state index contributed by atoms with van der Waals surface area (Å²) in [6, 6.07) is 0. The zero-order valence-electron chi connectivity index (χ0n) is 10.4. The van der Waals surface area contributed by atoms with Crippen molar-refractivity contribution >= 4 is 11.8 Å². The van der Waals surface area contributed by atoms with E-state index in [9.17, 15) is 14.7 Å². The van der Waals surface area contributed by atoms with Crippen LogP contribution in [0.15, 0.2) is 0 Å². The van der Waals surface area contributed by atoms with Crippen LogP contribution in [0.5, 0.6) is 0 Å². The Labute approximate surface area is 96.0 Å². The topological polar surface area (TPSA) is 63.6 Å². The van der Waals surface area contributed by atoms with Crippen molar-refractivity contribution in [3.8, 4) is 0 Å². The predicted octanol–water partition coefficient (Wildman–Crippen LogP) is 1.45. The van der Waals surface area contributed by atoms with Gasteiger partial charge in [0.2, 0.25) is 0 Å². The van der Waals surface area contributed by atoms with Gasteiger partial charge >= 0.3 is 5.97 Å². The van der Waals surface area contributed by atoms with Gasteiger partial charge in [0, 0.05) is 12.8 Å². The highest BCUT2D eigenvalue weighted by Crippen LogP contribution is 2.41. The summed E-state index contributed by atoms with van der Waals surface area (Å²) in [4.78, 5) is 23.3. The summed E-state index contributed by atoms with van der Waals surface area (Å²) in [6.07, 6.45) is -0.0175. The molecule has 0 radical (unpaired) electrons. The first-order valence-corrected chi connectivity index (χ1v) is 5.60. The standard InChI is InChI=1S/C12H20O4/c1-8(13)12(6-5-9(14)7-12)10(15)16-11(2,3)4/h8,13H,5-7H2,1-4H3. The first-order valence-electron chi connectivity index (χ1n) is 5.60. The molecule has 0 bridgehead atoms. The zero-order valence-corrected chi connectivity index (χ0v) is 10.4. The van der Waals surface area contributed by atoms with E-state index in [1.165, 1.54) is 0 Å². The minimum absolute atomic E-state index is 0.0201. The molecule has 0 amide bonds. The van der Waals surface area contributed by atoms with Gasteiger partial charge in [-0.1, -0.05) is 0 Å². The van der Waals surface area contributed by atoms with E-state index in [1.54, 1.807) is 27.7 Å². The molecule has 2 unspecified atom stereocenters. The van der Waals surface area contributed by atoms with Crippen molar-refractivity contribution in [3.05, 3.63) is 0 Å². The van der Waals surface area contributed by atoms with Crippen molar-refractivity contribution in [1.82, 2.24) is 0 Å². The summed E-state index contributed by atoms with van der Waals surface area (Å²) in [6.45, 7) is 6.87. The molecule has 1 fully saturated rings. The molecule has 0 spiro atoms. The van der Waals surface area contributed by atoms with E-state index in [2.05, 4.69) is 0 Å². The molecule has 0 saturated heterocycles. The summed E-state index contributed by atoms with van der Waals surface area (Å²) in [5, 5.41) is 9.73. The normalized spacial score (nSPS) is 27.9. The number of aliphatic hydroxyl groups excluding tert-OH is 1. The van der Waals surface area contributed by atoms with E-state index < -0.39 is 23.1 Å². The third-order valence-electron chi connectivity index (χ3n) is 2.97. The fourth-order valence-corrected chi connectivity index (χ4v) is 1.97. The first-order chi connectivity index (χ1) is 7.17. The second-order valence-corrected chi connectivity index (χ2v) is 5.55. The van der Waals surface area contributed by atoms with E-state index in [0.29, 0.717) is 12.8 Å². The molecule has 1 saturated carbocycles. The lowest BCUT2D eigenvalue weighted by molar-refractivity contribution is -0.174. The van der Waals surface area contributed by atoms with Crippen molar-refractivity contribution in [2.24, 2.45) is 5.41 Å². The van der Waals surface area contributed by atoms with Crippen LogP contribution in [0.25, 0.3) is 0 Å². The summed E-state index contributed by atoms with van der Waals surface area (Å²) < 4.78 is 5.28. The maximum Gasteiger partial charge on any atom is 0.315 e. The van der Waals surface area contributed by atoms with Crippen molar-refractivity contribution in [3.63, 3.8) is 0 Å². The molecule has 2 atom stereocenters. The molecule has 1 aliphatic rings. The Morgan fingerprint density at radius 1 is 1.50 bits per heavy atom. The van der Waals surface area contributed by atoms with Gasteiger partial charge in [0.1, 0.15) is 16.8 Å². The van der Waals surface area contributed by atoms with Gasteiger partial charge in [0.05, 0.1) is 6.10 Å². The number of hydrogen-bond donors (Lipinski definition) is 1. The van der Waals surface area contributed by atoms with Crippen LogP contribution in [0.2, 0.25) is 0 Å². The second kappa shape index (κ2) is 4.17. The van der Waals surface area contributed by atoms with Gasteiger partial charge in [0.15, 0.2) is 0 Å². The number of Topliss-reactive ketones (excluding diaryl/α,β-unsaturated/α-hetero) is 1. The van der Waals surface area contributed by atoms with Crippen molar-refractivity contribution in [2.45, 2.75) is 58.7 Å². The molecular weight excluding hydrogens is 208 g/mol. The SMILES string of the molecule is CC(O)C1(C(=O)OC(C)(C)C)CCC(=O)C1. The number of ketones is 1. The lowest BCUT2D eigenvalue weighted by Gasteiger charge is -2.32. The summed E-state index contributed by atoms with van der Waals surface area (Å²) in [5.74, 6) is -0.437. The number of carbonyl (C=O) groups excluding carboxylic acids is 2. The van der Waals surface area contributed by atoms with Gasteiger partial charge in [-0.2, -0.15) is 0 Å². The first kappa shape index (κ1) is 13.2. The fraction of sp³-hybridized carbons (Fsp3) is 0.833. The van der Waals surface area contributed by atoms with Crippen LogP contribution in [0.3, 0.4) is 0 Å². The Kier molecular flexibility index (Phi) is 3.43. The van der Waals surface area contributed by atoms with Crippen molar-refractivity contribution in [1.29, 1.82) is 0 Å². The predicted molar refractivity (Wildman–Crippen MR) is 58.8 cm³/mol. The van der Waals surface area contributed by atoms with Crippen LogP contribution >= 0.6 is 0 Å². The molecular formula is C12H20O4. The molecule has 0 aromatic heterocycles. The highest BCUT2D eigenvalue weighted by molar-refractivity contribution is 5.91. The molecule has 4 heteroatoms. The third kappa shape index (κ3) is 2.61. The average Bonchev–Trinajstić information content (AvgIpc) is 2.45. The fourth-order valence-electron chi connectivity index (χ4n) is 1.97. The quantitative estimate of drug-likeness (QED) is 0.726. The lowest BCUT2D eigenvalue weighted by atomic mass is 9.81. The minimum Gasteiger partial charge on any atom is -0.459 e. The van der Waals surface area contributed by atoms with Crippen LogP contribution < -0.4 is 0 Å². The van der Waals surface area contributed by atoms with Gasteiger partial charge in [0.25, 0.3) is 0 Å². The van der Waals surface area contributed by atoms with E-state index >= 15 is 0 Å². The summed E-state index contributed by atoms with van der Waals surface area (Å²) in [5.41, 5.74) is -1.62. The molecule has 1 N–H and O–H groups in total. The molecule has 4 nitrogen and oxygen atoms in total. The number of ether oxygens (including phenoxy) is 1. The van der Waals surface area contributed by atoms with E-state index in [1.807, 2.05) is 0 Å². The Balaban J connectivity index is 2.87. The number of esters is 1. The summed E-state index contributed by atoms with van der Waals surface area (Å²) >= 11 is 0. The van der Waals surface area contributed by atoms with Gasteiger partial charge in [-0.25, -0.2) is 0 Å². The van der Waals surface area contributed by atoms with Gasteiger partial charge in [-0.3, -0.25) is 9.59 Å². The number of rotatable bonds is 2. The molecule has 0 heterocycles. The zero-order chi connectivity index (χ0) is 12.6. The van der Waals surface area contributed by atoms with Gasteiger partial charge in [-0.15, -0.1) is 0 Å². The van der Waals surface area contributed by atoms with E-state index in [4.69, 9.17) is 4.74 Å². The number of aliphatic hydroxyl groups is 1. The molecule has 0 aliphatic heterocycles. The lowest BCUT2D eigenvalue weighted by Crippen LogP contribution is -2.43. The monoisotopic (exact) mass is 228 g/mol. The molecule has 92 valence electrons. The maximum atomic E-state index is 12.0. The summed E-state index contributed by atoms with van der Waals surface area (Å²) in [7, 11) is 0. The highest BCUT2D eigenvalue weighted by Gasteiger charge is 2.50. The smallest absolute Gasteiger partial charge is 0.315 e. The van der Waals surface area contributed by atoms with Crippen LogP contribution in [-0.2, 0) is 14.3 Å². The maximum absolute atomic E-state index is 12.0. The second-order valence-electron chi connectivity index (χ2n) is 5.55. The Morgan fingerprint density at radius 3 is 2.38 bits per heavy atom. The number of carbonyl (C=O) groups is 2. The van der Waals surface area contributed by atoms with Gasteiger partial charge < -0.3 is 9.84 Å². The average molecular weight is 228 g/mol. The molecule has 16 heavy (non-hydrogen) atoms. The van der Waals surface area contributed by atoms with Gasteiger partial charge in [-0.05, 0) is 34.1 Å². The highest BCUT2D eigenvalue weighted by atomic mass is 16.6. The van der Waals surface area contributed by atoms with E-state index in [0.717, 1.165) is 0 Å². The number of hydrogen-bond acceptors (Lipinski definition) is 4. The Morgan fingerprint density at radius 2 is 2.06 bits per heavy atom. The molecule has 0 aromatic carbocycles. The molecule has 0 aromatic rings. The largest absolute Gasteiger partial charge is 0.459 e. The van der Waals surface area contributed by atoms with E-state index in [-0.39, 0.29) is 12.2 Å². The van der Waals surface area contributed by atoms with Crippen LogP contribution in [0, 0.1) is 5.41 Å². The molecule has 1 rings (SSSR count). The Hall–Kier alpha value is -0.900. The van der Waals surface area contributed by atoms with Crippen molar-refractivity contribution < 1.29 is 19.4 Å². The Bertz CT molecular complexity index is 301.